The van der Waals surface area contributed by atoms with Crippen molar-refractivity contribution in [2.45, 2.75) is 13.0 Å². The van der Waals surface area contributed by atoms with Crippen LogP contribution in [0.1, 0.15) is 6.92 Å². The molecule has 0 radical (unpaired) electrons. The molecule has 0 aliphatic heterocycles. The van der Waals surface area contributed by atoms with E-state index in [1.165, 1.54) is 0 Å². The van der Waals surface area contributed by atoms with Gasteiger partial charge in [0.2, 0.25) is 0 Å². The largest absolute Gasteiger partial charge is 0.397 e. The van der Waals surface area contributed by atoms with Crippen LogP contribution in [0.4, 0.5) is 11.5 Å². The molecule has 13 heavy (non-hydrogen) atoms. The molecule has 1 aromatic rings. The molecule has 1 unspecified atom stereocenters. The Morgan fingerprint density at radius 1 is 1.62 bits per heavy atom. The number of nitrogens with two attached hydrogens (primary N) is 1. The minimum atomic E-state index is 0.436. The van der Waals surface area contributed by atoms with Crippen molar-refractivity contribution < 1.29 is 0 Å². The molecule has 0 bridgehead atoms. The molecule has 72 valence electrons. The number of anilines is 2. The lowest BCUT2D eigenvalue weighted by Crippen LogP contribution is -2.18. The first-order valence-electron chi connectivity index (χ1n) is 4.19. The number of aromatic nitrogens is 1. The summed E-state index contributed by atoms with van der Waals surface area (Å²) in [6.45, 7) is 2.13. The lowest BCUT2D eigenvalue weighted by atomic mass is 10.3. The van der Waals surface area contributed by atoms with Gasteiger partial charge in [-0.2, -0.15) is 11.8 Å². The van der Waals surface area contributed by atoms with Crippen molar-refractivity contribution in [2.24, 2.45) is 0 Å². The molecule has 0 aliphatic carbocycles. The van der Waals surface area contributed by atoms with E-state index in [1.807, 2.05) is 23.9 Å². The number of pyridine rings is 1. The van der Waals surface area contributed by atoms with E-state index in [9.17, 15) is 0 Å². The molecule has 0 spiro atoms. The fraction of sp³-hybridized carbons (Fsp3) is 0.444. The van der Waals surface area contributed by atoms with E-state index in [0.29, 0.717) is 11.7 Å². The Morgan fingerprint density at radius 3 is 2.92 bits per heavy atom. The summed E-state index contributed by atoms with van der Waals surface area (Å²) in [6, 6.07) is 4.18. The molecule has 0 aliphatic rings. The van der Waals surface area contributed by atoms with Crippen molar-refractivity contribution in [1.82, 2.24) is 4.98 Å². The molecule has 0 saturated carbocycles. The molecule has 1 aromatic heterocycles. The maximum absolute atomic E-state index is 5.52. The van der Waals surface area contributed by atoms with Gasteiger partial charge in [0.1, 0.15) is 5.82 Å². The van der Waals surface area contributed by atoms with Gasteiger partial charge in [-0.05, 0) is 25.3 Å². The highest BCUT2D eigenvalue weighted by atomic mass is 32.2. The van der Waals surface area contributed by atoms with E-state index in [4.69, 9.17) is 5.73 Å². The number of nitrogens with zero attached hydrogens (tertiary/aromatic N) is 1. The smallest absolute Gasteiger partial charge is 0.126 e. The van der Waals surface area contributed by atoms with Gasteiger partial charge >= 0.3 is 0 Å². The Hall–Kier alpha value is -0.900. The lowest BCUT2D eigenvalue weighted by molar-refractivity contribution is 0.903. The third-order valence-electron chi connectivity index (χ3n) is 1.60. The molecule has 0 saturated heterocycles. The zero-order valence-electron chi connectivity index (χ0n) is 7.95. The van der Waals surface area contributed by atoms with Crippen LogP contribution < -0.4 is 11.1 Å². The van der Waals surface area contributed by atoms with Crippen molar-refractivity contribution in [2.75, 3.05) is 23.1 Å². The van der Waals surface area contributed by atoms with Crippen molar-refractivity contribution in [3.05, 3.63) is 18.3 Å². The summed E-state index contributed by atoms with van der Waals surface area (Å²) in [6.07, 6.45) is 3.75. The maximum Gasteiger partial charge on any atom is 0.126 e. The first kappa shape index (κ1) is 10.2. The Balaban J connectivity index is 2.49. The monoisotopic (exact) mass is 197 g/mol. The Morgan fingerprint density at radius 2 is 2.38 bits per heavy atom. The van der Waals surface area contributed by atoms with Crippen molar-refractivity contribution in [1.29, 1.82) is 0 Å². The standard InChI is InChI=1S/C9H15N3S/c1-7(6-13-2)12-9-4-3-8(10)5-11-9/h3-5,7H,6,10H2,1-2H3,(H,11,12). The van der Waals surface area contributed by atoms with Crippen LogP contribution in [-0.2, 0) is 0 Å². The summed E-state index contributed by atoms with van der Waals surface area (Å²) < 4.78 is 0. The number of hydrogen-bond donors (Lipinski definition) is 2. The van der Waals surface area contributed by atoms with Crippen molar-refractivity contribution in [3.63, 3.8) is 0 Å². The van der Waals surface area contributed by atoms with Gasteiger partial charge in [0.15, 0.2) is 0 Å². The lowest BCUT2D eigenvalue weighted by Gasteiger charge is -2.12. The van der Waals surface area contributed by atoms with Crippen LogP contribution in [0.2, 0.25) is 0 Å². The van der Waals surface area contributed by atoms with Crippen molar-refractivity contribution in [3.8, 4) is 0 Å². The van der Waals surface area contributed by atoms with Crippen LogP contribution in [0, 0.1) is 0 Å². The van der Waals surface area contributed by atoms with E-state index in [1.54, 1.807) is 6.20 Å². The van der Waals surface area contributed by atoms with Crippen LogP contribution in [0.3, 0.4) is 0 Å². The highest BCUT2D eigenvalue weighted by molar-refractivity contribution is 7.98. The normalized spacial score (nSPS) is 12.5. The van der Waals surface area contributed by atoms with Crippen LogP contribution in [0.25, 0.3) is 0 Å². The zero-order chi connectivity index (χ0) is 9.68. The molecular weight excluding hydrogens is 182 g/mol. The first-order chi connectivity index (χ1) is 6.22. The molecule has 4 heteroatoms. The molecular formula is C9H15N3S. The second kappa shape index (κ2) is 4.97. The van der Waals surface area contributed by atoms with Crippen molar-refractivity contribution >= 4 is 23.3 Å². The maximum atomic E-state index is 5.52. The Bertz CT molecular complexity index is 248. The van der Waals surface area contributed by atoms with Gasteiger partial charge in [-0.1, -0.05) is 0 Å². The van der Waals surface area contributed by atoms with E-state index in [0.717, 1.165) is 11.6 Å². The third kappa shape index (κ3) is 3.55. The number of rotatable bonds is 4. The first-order valence-corrected chi connectivity index (χ1v) is 5.58. The molecule has 1 rings (SSSR count). The fourth-order valence-electron chi connectivity index (χ4n) is 1.03. The summed E-state index contributed by atoms with van der Waals surface area (Å²) >= 11 is 1.82. The fourth-order valence-corrected chi connectivity index (χ4v) is 1.62. The molecule has 1 atom stereocenters. The average molecular weight is 197 g/mol. The molecule has 0 amide bonds. The van der Waals surface area contributed by atoms with Gasteiger partial charge in [0.05, 0.1) is 11.9 Å². The van der Waals surface area contributed by atoms with Gasteiger partial charge in [0, 0.05) is 11.8 Å². The number of thioether (sulfide) groups is 1. The summed E-state index contributed by atoms with van der Waals surface area (Å²) in [5.41, 5.74) is 6.22. The van der Waals surface area contributed by atoms with Crippen LogP contribution in [0.15, 0.2) is 18.3 Å². The van der Waals surface area contributed by atoms with E-state index in [2.05, 4.69) is 23.5 Å². The van der Waals surface area contributed by atoms with Gasteiger partial charge < -0.3 is 11.1 Å². The van der Waals surface area contributed by atoms with Gasteiger partial charge in [-0.3, -0.25) is 0 Å². The summed E-state index contributed by atoms with van der Waals surface area (Å²) in [4.78, 5) is 4.16. The molecule has 0 aromatic carbocycles. The molecule has 1 heterocycles. The number of nitrogen functional groups attached to an aromatic ring is 1. The number of nitrogens with one attached hydrogen (secondary N) is 1. The van der Waals surface area contributed by atoms with Gasteiger partial charge in [-0.15, -0.1) is 0 Å². The summed E-state index contributed by atoms with van der Waals surface area (Å²) in [5, 5.41) is 3.28. The minimum absolute atomic E-state index is 0.436. The molecule has 3 nitrogen and oxygen atoms in total. The van der Waals surface area contributed by atoms with E-state index >= 15 is 0 Å². The van der Waals surface area contributed by atoms with E-state index in [-0.39, 0.29) is 0 Å². The minimum Gasteiger partial charge on any atom is -0.397 e. The Kier molecular flexibility index (Phi) is 3.89. The van der Waals surface area contributed by atoms with Gasteiger partial charge in [-0.25, -0.2) is 4.98 Å². The number of hydrogen-bond acceptors (Lipinski definition) is 4. The van der Waals surface area contributed by atoms with E-state index < -0.39 is 0 Å². The highest BCUT2D eigenvalue weighted by Crippen LogP contribution is 2.08. The highest BCUT2D eigenvalue weighted by Gasteiger charge is 2.00. The SMILES string of the molecule is CSCC(C)Nc1ccc(N)cn1. The topological polar surface area (TPSA) is 50.9 Å². The second-order valence-corrected chi connectivity index (χ2v) is 3.89. The third-order valence-corrected chi connectivity index (χ3v) is 2.43. The predicted octanol–water partition coefficient (Wildman–Crippen LogP) is 1.83. The average Bonchev–Trinajstić information content (AvgIpc) is 2.09. The quantitative estimate of drug-likeness (QED) is 0.773. The van der Waals surface area contributed by atoms with Crippen LogP contribution in [0.5, 0.6) is 0 Å². The molecule has 3 N–H and O–H groups in total. The second-order valence-electron chi connectivity index (χ2n) is 2.98. The summed E-state index contributed by atoms with van der Waals surface area (Å²) in [5.74, 6) is 1.96. The summed E-state index contributed by atoms with van der Waals surface area (Å²) in [7, 11) is 0. The van der Waals surface area contributed by atoms with Crippen LogP contribution >= 0.6 is 11.8 Å². The Labute approximate surface area is 83.1 Å². The van der Waals surface area contributed by atoms with Gasteiger partial charge in [0.25, 0.3) is 0 Å². The molecule has 0 fully saturated rings. The predicted molar refractivity (Wildman–Crippen MR) is 60.1 cm³/mol. The zero-order valence-corrected chi connectivity index (χ0v) is 8.77. The van der Waals surface area contributed by atoms with Crippen LogP contribution in [-0.4, -0.2) is 23.0 Å².